The number of halogens is 1. The van der Waals surface area contributed by atoms with Crippen molar-refractivity contribution in [2.45, 2.75) is 13.3 Å². The number of para-hydroxylation sites is 1. The van der Waals surface area contributed by atoms with Gasteiger partial charge in [0.15, 0.2) is 18.1 Å². The summed E-state index contributed by atoms with van der Waals surface area (Å²) in [7, 11) is 1.51. The zero-order valence-electron chi connectivity index (χ0n) is 15.3. The van der Waals surface area contributed by atoms with E-state index in [9.17, 15) is 4.79 Å². The molecule has 8 heteroatoms. The van der Waals surface area contributed by atoms with Crippen LogP contribution in [-0.4, -0.2) is 29.6 Å². The molecule has 3 rings (SSSR count). The molecule has 0 aliphatic heterocycles. The van der Waals surface area contributed by atoms with Crippen molar-refractivity contribution in [1.29, 1.82) is 5.26 Å². The molecule has 0 aliphatic carbocycles. The summed E-state index contributed by atoms with van der Waals surface area (Å²) in [5.41, 5.74) is 0.940. The maximum absolute atomic E-state index is 13.0. The lowest BCUT2D eigenvalue weighted by Crippen LogP contribution is -2.22. The first kappa shape index (κ1) is 19.6. The number of rotatable bonds is 6. The highest BCUT2D eigenvalue weighted by atomic mass is 79.9. The number of aromatic nitrogens is 2. The minimum absolute atomic E-state index is 0.132. The maximum atomic E-state index is 13.0. The van der Waals surface area contributed by atoms with Crippen LogP contribution in [0.25, 0.3) is 10.9 Å². The van der Waals surface area contributed by atoms with Gasteiger partial charge in [0, 0.05) is 16.5 Å². The van der Waals surface area contributed by atoms with E-state index < -0.39 is 0 Å². The van der Waals surface area contributed by atoms with Crippen LogP contribution in [-0.2, 0) is 6.42 Å². The predicted octanol–water partition coefficient (Wildman–Crippen LogP) is 3.51. The lowest BCUT2D eigenvalue weighted by atomic mass is 10.2. The molecule has 0 bridgehead atoms. The van der Waals surface area contributed by atoms with Gasteiger partial charge in [0.25, 0.3) is 5.56 Å². The van der Waals surface area contributed by atoms with Crippen LogP contribution in [0.5, 0.6) is 11.5 Å². The monoisotopic (exact) mass is 440 g/mol. The van der Waals surface area contributed by atoms with E-state index in [1.165, 1.54) is 18.0 Å². The zero-order valence-corrected chi connectivity index (χ0v) is 16.9. The Bertz CT molecular complexity index is 1150. The highest BCUT2D eigenvalue weighted by Crippen LogP contribution is 2.30. The van der Waals surface area contributed by atoms with Crippen LogP contribution in [0.2, 0.25) is 0 Å². The maximum Gasteiger partial charge on any atom is 0.282 e. The van der Waals surface area contributed by atoms with E-state index >= 15 is 0 Å². The Morgan fingerprint density at radius 2 is 2.18 bits per heavy atom. The highest BCUT2D eigenvalue weighted by molar-refractivity contribution is 9.10. The molecule has 0 fully saturated rings. The fourth-order valence-corrected chi connectivity index (χ4v) is 3.08. The van der Waals surface area contributed by atoms with Crippen LogP contribution in [0.1, 0.15) is 18.3 Å². The van der Waals surface area contributed by atoms with Gasteiger partial charge in [-0.2, -0.15) is 15.0 Å². The summed E-state index contributed by atoms with van der Waals surface area (Å²) in [6.45, 7) is 1.78. The summed E-state index contributed by atoms with van der Waals surface area (Å²) in [6.07, 6.45) is 2.04. The molecule has 0 saturated heterocycles. The first-order valence-corrected chi connectivity index (χ1v) is 9.30. The summed E-state index contributed by atoms with van der Waals surface area (Å²) >= 11 is 3.38. The van der Waals surface area contributed by atoms with E-state index in [4.69, 9.17) is 14.7 Å². The Labute approximate surface area is 170 Å². The van der Waals surface area contributed by atoms with Gasteiger partial charge in [0.2, 0.25) is 0 Å². The zero-order chi connectivity index (χ0) is 20.1. The number of benzene rings is 2. The molecular weight excluding hydrogens is 424 g/mol. The molecule has 2 aromatic carbocycles. The van der Waals surface area contributed by atoms with Gasteiger partial charge in [-0.25, -0.2) is 4.98 Å². The Morgan fingerprint density at radius 1 is 1.36 bits per heavy atom. The third kappa shape index (κ3) is 3.89. The molecule has 7 nitrogen and oxygen atoms in total. The third-order valence-corrected chi connectivity index (χ3v) is 4.51. The summed E-state index contributed by atoms with van der Waals surface area (Å²) in [4.78, 5) is 17.5. The van der Waals surface area contributed by atoms with Gasteiger partial charge in [-0.1, -0.05) is 28.9 Å². The summed E-state index contributed by atoms with van der Waals surface area (Å²) in [6, 6.07) is 12.6. The Hall–Kier alpha value is -3.18. The van der Waals surface area contributed by atoms with E-state index in [-0.39, 0.29) is 12.2 Å². The second-order valence-electron chi connectivity index (χ2n) is 5.73. The molecule has 0 atom stereocenters. The fourth-order valence-electron chi connectivity index (χ4n) is 2.72. The van der Waals surface area contributed by atoms with Gasteiger partial charge in [0.05, 0.1) is 24.2 Å². The van der Waals surface area contributed by atoms with Crippen LogP contribution < -0.4 is 15.0 Å². The molecule has 0 N–H and O–H groups in total. The normalized spacial score (nSPS) is 10.9. The van der Waals surface area contributed by atoms with E-state index in [2.05, 4.69) is 26.0 Å². The minimum Gasteiger partial charge on any atom is -0.493 e. The number of nitrogens with zero attached hydrogens (tertiary/aromatic N) is 4. The van der Waals surface area contributed by atoms with Gasteiger partial charge in [0.1, 0.15) is 11.9 Å². The number of fused-ring (bicyclic) bond motifs is 1. The van der Waals surface area contributed by atoms with Gasteiger partial charge in [-0.05, 0) is 30.3 Å². The predicted molar refractivity (Wildman–Crippen MR) is 110 cm³/mol. The van der Waals surface area contributed by atoms with Crippen molar-refractivity contribution in [3.8, 4) is 17.6 Å². The quantitative estimate of drug-likeness (QED) is 0.547. The molecule has 142 valence electrons. The fraction of sp³-hybridized carbons (Fsp3) is 0.200. The standard InChI is InChI=1S/C20H17BrN4O3/c1-3-18-24-16-8-7-14(21)11-15(16)20(26)25(18)23-12-13-5-4-6-17(27-2)19(13)28-10-9-22/h4-8,11-12H,3,10H2,1-2H3. The van der Waals surface area contributed by atoms with Crippen molar-refractivity contribution in [2.24, 2.45) is 5.10 Å². The van der Waals surface area contributed by atoms with Crippen molar-refractivity contribution >= 4 is 33.0 Å². The van der Waals surface area contributed by atoms with Crippen LogP contribution in [0.15, 0.2) is 50.8 Å². The average molecular weight is 441 g/mol. The Morgan fingerprint density at radius 3 is 2.89 bits per heavy atom. The number of nitriles is 1. The molecule has 0 spiro atoms. The molecular formula is C20H17BrN4O3. The smallest absolute Gasteiger partial charge is 0.282 e. The van der Waals surface area contributed by atoms with Crippen molar-refractivity contribution in [2.75, 3.05) is 13.7 Å². The van der Waals surface area contributed by atoms with E-state index in [0.29, 0.717) is 40.2 Å². The molecule has 28 heavy (non-hydrogen) atoms. The minimum atomic E-state index is -0.262. The second kappa shape index (κ2) is 8.67. The Kier molecular flexibility index (Phi) is 6.06. The van der Waals surface area contributed by atoms with Crippen molar-refractivity contribution in [3.05, 3.63) is 62.6 Å². The summed E-state index contributed by atoms with van der Waals surface area (Å²) in [5.74, 6) is 1.40. The molecule has 0 radical (unpaired) electrons. The Balaban J connectivity index is 2.13. The van der Waals surface area contributed by atoms with Gasteiger partial charge >= 0.3 is 0 Å². The first-order valence-electron chi connectivity index (χ1n) is 8.51. The van der Waals surface area contributed by atoms with E-state index in [1.54, 1.807) is 30.3 Å². The van der Waals surface area contributed by atoms with Crippen molar-refractivity contribution in [1.82, 2.24) is 9.66 Å². The van der Waals surface area contributed by atoms with Crippen LogP contribution in [0.3, 0.4) is 0 Å². The third-order valence-electron chi connectivity index (χ3n) is 4.01. The lowest BCUT2D eigenvalue weighted by Gasteiger charge is -2.11. The van der Waals surface area contributed by atoms with Gasteiger partial charge < -0.3 is 9.47 Å². The largest absolute Gasteiger partial charge is 0.493 e. The number of hydrogen-bond donors (Lipinski definition) is 0. The summed E-state index contributed by atoms with van der Waals surface area (Å²) < 4.78 is 12.8. The molecule has 0 unspecified atom stereocenters. The van der Waals surface area contributed by atoms with E-state index in [0.717, 1.165) is 4.47 Å². The molecule has 3 aromatic rings. The van der Waals surface area contributed by atoms with Crippen molar-refractivity contribution < 1.29 is 9.47 Å². The van der Waals surface area contributed by atoms with Crippen LogP contribution >= 0.6 is 15.9 Å². The van der Waals surface area contributed by atoms with Gasteiger partial charge in [-0.15, -0.1) is 0 Å². The SMILES string of the molecule is CCc1nc2ccc(Br)cc2c(=O)n1N=Cc1cccc(OC)c1OCC#N. The number of hydrogen-bond acceptors (Lipinski definition) is 6. The molecule has 0 aliphatic rings. The number of aryl methyl sites for hydroxylation is 1. The van der Waals surface area contributed by atoms with Crippen LogP contribution in [0.4, 0.5) is 0 Å². The van der Waals surface area contributed by atoms with Crippen molar-refractivity contribution in [3.63, 3.8) is 0 Å². The lowest BCUT2D eigenvalue weighted by molar-refractivity contribution is 0.329. The first-order chi connectivity index (χ1) is 13.6. The highest BCUT2D eigenvalue weighted by Gasteiger charge is 2.12. The molecule has 1 heterocycles. The molecule has 1 aromatic heterocycles. The summed E-state index contributed by atoms with van der Waals surface area (Å²) in [5, 5.41) is 13.6. The second-order valence-corrected chi connectivity index (χ2v) is 6.65. The van der Waals surface area contributed by atoms with Gasteiger partial charge in [-0.3, -0.25) is 4.79 Å². The molecule has 0 amide bonds. The van der Waals surface area contributed by atoms with E-state index in [1.807, 2.05) is 19.1 Å². The number of ether oxygens (including phenoxy) is 2. The van der Waals surface area contributed by atoms with Crippen LogP contribution in [0, 0.1) is 11.3 Å². The topological polar surface area (TPSA) is 89.5 Å². The molecule has 0 saturated carbocycles. The number of methoxy groups -OCH3 is 1. The average Bonchev–Trinajstić information content (AvgIpc) is 2.71.